The molecule has 0 aromatic carbocycles. The molecule has 0 atom stereocenters. The van der Waals surface area contributed by atoms with Gasteiger partial charge in [0.15, 0.2) is 5.69 Å². The van der Waals surface area contributed by atoms with E-state index in [4.69, 9.17) is 10.2 Å². The molecule has 0 saturated heterocycles. The molecule has 4 N–H and O–H groups in total. The lowest BCUT2D eigenvalue weighted by atomic mass is 10.2. The number of aromatic nitrogens is 3. The highest BCUT2D eigenvalue weighted by molar-refractivity contribution is 7.18. The molecule has 0 bridgehead atoms. The van der Waals surface area contributed by atoms with Crippen LogP contribution in [-0.4, -0.2) is 26.8 Å². The summed E-state index contributed by atoms with van der Waals surface area (Å²) in [5, 5.41) is 3.34. The molecule has 0 aliphatic heterocycles. The van der Waals surface area contributed by atoms with Gasteiger partial charge in [-0.25, -0.2) is 9.97 Å². The number of amides is 2. The van der Waals surface area contributed by atoms with Crippen molar-refractivity contribution in [2.24, 2.45) is 5.73 Å². The number of fused-ring (bicyclic) bond motifs is 3. The van der Waals surface area contributed by atoms with Crippen molar-refractivity contribution in [3.8, 4) is 0 Å². The van der Waals surface area contributed by atoms with Crippen LogP contribution in [-0.2, 0) is 30.6 Å². The maximum Gasteiger partial charge on any atom is 0.270 e. The van der Waals surface area contributed by atoms with Crippen LogP contribution in [0.2, 0.25) is 0 Å². The van der Waals surface area contributed by atoms with Crippen molar-refractivity contribution in [2.75, 3.05) is 0 Å². The first-order valence-corrected chi connectivity index (χ1v) is 9.37. The van der Waals surface area contributed by atoms with E-state index in [0.29, 0.717) is 17.6 Å². The molecule has 140 valence electrons. The number of carbonyl (C=O) groups excluding carboxylic acids is 2. The van der Waals surface area contributed by atoms with Gasteiger partial charge in [-0.05, 0) is 24.8 Å². The maximum absolute atomic E-state index is 12.4. The summed E-state index contributed by atoms with van der Waals surface area (Å²) in [6, 6.07) is 0. The monoisotopic (exact) mass is 387 g/mol. The van der Waals surface area contributed by atoms with Gasteiger partial charge < -0.3 is 20.5 Å². The van der Waals surface area contributed by atoms with Crippen LogP contribution >= 0.6 is 11.3 Å². The quantitative estimate of drug-likeness (QED) is 0.571. The molecule has 4 rings (SSSR count). The van der Waals surface area contributed by atoms with Crippen LogP contribution in [0.4, 0.5) is 0 Å². The third kappa shape index (κ3) is 3.47. The predicted octanol–water partition coefficient (Wildman–Crippen LogP) is 0.809. The molecule has 0 saturated carbocycles. The Balaban J connectivity index is 1.37. The number of nitrogens with two attached hydrogens (primary N) is 1. The average Bonchev–Trinajstić information content (AvgIpc) is 3.33. The topological polar surface area (TPSA) is 144 Å². The molecule has 3 aromatic heterocycles. The number of nitrogens with one attached hydrogen (secondary N) is 2. The Morgan fingerprint density at radius 2 is 2.19 bits per heavy atom. The molecule has 0 spiro atoms. The second kappa shape index (κ2) is 6.95. The number of primary amides is 1. The zero-order valence-corrected chi connectivity index (χ0v) is 15.1. The fourth-order valence-corrected chi connectivity index (χ4v) is 4.45. The summed E-state index contributed by atoms with van der Waals surface area (Å²) < 4.78 is 5.05. The molecule has 10 heteroatoms. The van der Waals surface area contributed by atoms with Crippen molar-refractivity contribution in [2.45, 2.75) is 38.6 Å². The van der Waals surface area contributed by atoms with Gasteiger partial charge in [-0.3, -0.25) is 14.4 Å². The van der Waals surface area contributed by atoms with Crippen LogP contribution in [0.15, 0.2) is 15.5 Å². The summed E-state index contributed by atoms with van der Waals surface area (Å²) in [7, 11) is 0. The lowest BCUT2D eigenvalue weighted by Gasteiger charge is -2.03. The molecule has 9 nitrogen and oxygen atoms in total. The Bertz CT molecular complexity index is 1100. The first-order valence-electron chi connectivity index (χ1n) is 8.55. The van der Waals surface area contributed by atoms with E-state index in [1.165, 1.54) is 4.88 Å². The number of hydrogen-bond acceptors (Lipinski definition) is 7. The summed E-state index contributed by atoms with van der Waals surface area (Å²) in [5.41, 5.74) is 6.10. The molecule has 27 heavy (non-hydrogen) atoms. The largest absolute Gasteiger partial charge is 0.446 e. The van der Waals surface area contributed by atoms with E-state index >= 15 is 0 Å². The summed E-state index contributed by atoms with van der Waals surface area (Å²) in [6.45, 7) is 0.0484. The minimum Gasteiger partial charge on any atom is -0.446 e. The molecule has 1 aliphatic rings. The Kier molecular flexibility index (Phi) is 4.48. The van der Waals surface area contributed by atoms with E-state index < -0.39 is 5.91 Å². The van der Waals surface area contributed by atoms with Gasteiger partial charge in [0, 0.05) is 17.7 Å². The van der Waals surface area contributed by atoms with Gasteiger partial charge in [0.2, 0.25) is 11.8 Å². The van der Waals surface area contributed by atoms with Gasteiger partial charge in [0.1, 0.15) is 16.9 Å². The smallest absolute Gasteiger partial charge is 0.270 e. The number of hydrogen-bond donors (Lipinski definition) is 3. The molecular weight excluding hydrogens is 370 g/mol. The molecule has 0 fully saturated rings. The van der Waals surface area contributed by atoms with E-state index in [1.54, 1.807) is 11.3 Å². The highest BCUT2D eigenvalue weighted by Gasteiger charge is 2.21. The standard InChI is InChI=1S/C17H17N5O4S/c18-15(24)9-7-26-13(20-9)6-19-12(23)5-4-11-21-16(25)14-8-2-1-3-10(8)27-17(14)22-11/h7H,1-6H2,(H2,18,24)(H,19,23)(H,21,22,25). The number of rotatable bonds is 6. The zero-order valence-electron chi connectivity index (χ0n) is 14.3. The first-order chi connectivity index (χ1) is 13.0. The maximum atomic E-state index is 12.4. The molecular formula is C17H17N5O4S. The fraction of sp³-hybridized carbons (Fsp3) is 0.353. The molecule has 0 radical (unpaired) electrons. The predicted molar refractivity (Wildman–Crippen MR) is 97.5 cm³/mol. The number of aryl methyl sites for hydroxylation is 3. The lowest BCUT2D eigenvalue weighted by Crippen LogP contribution is -2.24. The second-order valence-electron chi connectivity index (χ2n) is 6.32. The van der Waals surface area contributed by atoms with Crippen LogP contribution in [0.3, 0.4) is 0 Å². The highest BCUT2D eigenvalue weighted by Crippen LogP contribution is 2.34. The van der Waals surface area contributed by atoms with E-state index in [2.05, 4.69) is 20.3 Å². The number of nitrogens with zero attached hydrogens (tertiary/aromatic N) is 2. The second-order valence-corrected chi connectivity index (χ2v) is 7.40. The molecule has 0 unspecified atom stereocenters. The number of thiophene rings is 1. The molecule has 2 amide bonds. The van der Waals surface area contributed by atoms with Gasteiger partial charge in [0.05, 0.1) is 11.9 Å². The molecule has 1 aliphatic carbocycles. The van der Waals surface area contributed by atoms with Gasteiger partial charge >= 0.3 is 0 Å². The lowest BCUT2D eigenvalue weighted by molar-refractivity contribution is -0.121. The highest BCUT2D eigenvalue weighted by atomic mass is 32.1. The van der Waals surface area contributed by atoms with Crippen molar-refractivity contribution in [1.82, 2.24) is 20.3 Å². The molecule has 3 heterocycles. The summed E-state index contributed by atoms with van der Waals surface area (Å²) in [6.07, 6.45) is 4.64. The summed E-state index contributed by atoms with van der Waals surface area (Å²) in [4.78, 5) is 48.5. The Morgan fingerprint density at radius 1 is 1.33 bits per heavy atom. The Labute approximate surface area is 157 Å². The van der Waals surface area contributed by atoms with Crippen LogP contribution in [0.1, 0.15) is 45.5 Å². The van der Waals surface area contributed by atoms with Crippen LogP contribution in [0.25, 0.3) is 10.2 Å². The summed E-state index contributed by atoms with van der Waals surface area (Å²) in [5.74, 6) is -0.250. The van der Waals surface area contributed by atoms with Crippen molar-refractivity contribution in [3.63, 3.8) is 0 Å². The number of aromatic amines is 1. The van der Waals surface area contributed by atoms with Crippen LogP contribution in [0.5, 0.6) is 0 Å². The van der Waals surface area contributed by atoms with E-state index in [0.717, 1.165) is 35.9 Å². The van der Waals surface area contributed by atoms with Gasteiger partial charge in [-0.2, -0.15) is 0 Å². The van der Waals surface area contributed by atoms with Crippen molar-refractivity contribution >= 4 is 33.4 Å². The first kappa shape index (κ1) is 17.4. The Hall–Kier alpha value is -3.01. The van der Waals surface area contributed by atoms with E-state index in [1.807, 2.05) is 0 Å². The van der Waals surface area contributed by atoms with Crippen molar-refractivity contribution in [1.29, 1.82) is 0 Å². The SMILES string of the molecule is NC(=O)c1coc(CNC(=O)CCc2nc3sc4c(c3c(=O)[nH]2)CCC4)n1. The number of H-pyrrole nitrogens is 1. The van der Waals surface area contributed by atoms with E-state index in [9.17, 15) is 14.4 Å². The summed E-state index contributed by atoms with van der Waals surface area (Å²) >= 11 is 1.57. The van der Waals surface area contributed by atoms with Crippen molar-refractivity contribution in [3.05, 3.63) is 44.5 Å². The average molecular weight is 387 g/mol. The van der Waals surface area contributed by atoms with Gasteiger partial charge in [-0.1, -0.05) is 0 Å². The van der Waals surface area contributed by atoms with Crippen molar-refractivity contribution < 1.29 is 14.0 Å². The van der Waals surface area contributed by atoms with Crippen LogP contribution < -0.4 is 16.6 Å². The normalized spacial score (nSPS) is 13.0. The minimum absolute atomic E-state index is 0.0113. The minimum atomic E-state index is -0.693. The molecule has 3 aromatic rings. The third-order valence-corrected chi connectivity index (χ3v) is 5.64. The van der Waals surface area contributed by atoms with Gasteiger partial charge in [-0.15, -0.1) is 11.3 Å². The third-order valence-electron chi connectivity index (χ3n) is 4.45. The van der Waals surface area contributed by atoms with Crippen LogP contribution in [0, 0.1) is 0 Å². The Morgan fingerprint density at radius 3 is 2.96 bits per heavy atom. The number of oxazole rings is 1. The number of carbonyl (C=O) groups is 2. The fourth-order valence-electron chi connectivity index (χ4n) is 3.17. The zero-order chi connectivity index (χ0) is 19.0. The van der Waals surface area contributed by atoms with E-state index in [-0.39, 0.29) is 36.0 Å². The van der Waals surface area contributed by atoms with Gasteiger partial charge in [0.25, 0.3) is 11.5 Å².